The van der Waals surface area contributed by atoms with Gasteiger partial charge in [0.05, 0.1) is 35.4 Å². The molecule has 0 bridgehead atoms. The lowest BCUT2D eigenvalue weighted by Crippen LogP contribution is -2.24. The third kappa shape index (κ3) is 4.72. The van der Waals surface area contributed by atoms with Crippen LogP contribution in [0.5, 0.6) is 5.75 Å². The van der Waals surface area contributed by atoms with Crippen molar-refractivity contribution >= 4 is 33.9 Å². The van der Waals surface area contributed by atoms with Crippen LogP contribution in [-0.4, -0.2) is 29.0 Å². The highest BCUT2D eigenvalue weighted by Crippen LogP contribution is 2.36. The second kappa shape index (κ2) is 10.7. The fraction of sp³-hybridized carbons (Fsp3) is 0.200. The molecule has 2 heterocycles. The van der Waals surface area contributed by atoms with Gasteiger partial charge < -0.3 is 20.2 Å². The molecule has 0 saturated heterocycles. The van der Waals surface area contributed by atoms with Gasteiger partial charge in [0.25, 0.3) is 0 Å². The molecule has 0 saturated carbocycles. The first-order valence-electron chi connectivity index (χ1n) is 12.6. The number of aromatic nitrogens is 2. The number of nitrogens with one attached hydrogen (secondary N) is 2. The Balaban J connectivity index is 1.61. The summed E-state index contributed by atoms with van der Waals surface area (Å²) in [5, 5.41) is 12.3. The molecule has 0 aliphatic heterocycles. The molecule has 0 radical (unpaired) electrons. The number of allylic oxidation sites excluding steroid dienone is 4. The van der Waals surface area contributed by atoms with Crippen molar-refractivity contribution in [2.75, 3.05) is 18.2 Å². The summed E-state index contributed by atoms with van der Waals surface area (Å²) in [4.78, 5) is 22.1. The summed E-state index contributed by atoms with van der Waals surface area (Å²) >= 11 is 0. The van der Waals surface area contributed by atoms with Crippen molar-refractivity contribution in [3.05, 3.63) is 106 Å². The van der Waals surface area contributed by atoms with Gasteiger partial charge in [-0.15, -0.1) is 0 Å². The third-order valence-corrected chi connectivity index (χ3v) is 6.97. The molecule has 2 aromatic heterocycles. The number of methoxy groups -OCH3 is 1. The lowest BCUT2D eigenvalue weighted by atomic mass is 9.85. The maximum atomic E-state index is 14.7. The van der Waals surface area contributed by atoms with Gasteiger partial charge in [-0.3, -0.25) is 10.2 Å². The second-order valence-electron chi connectivity index (χ2n) is 9.48. The van der Waals surface area contributed by atoms with E-state index in [0.717, 1.165) is 0 Å². The van der Waals surface area contributed by atoms with Gasteiger partial charge >= 0.3 is 0 Å². The molecule has 0 spiro atoms. The fourth-order valence-corrected chi connectivity index (χ4v) is 4.80. The summed E-state index contributed by atoms with van der Waals surface area (Å²) in [6, 6.07) is 10.3. The molecule has 2 aromatic carbocycles. The zero-order chi connectivity index (χ0) is 28.6. The minimum atomic E-state index is -1.26. The van der Waals surface area contributed by atoms with E-state index in [-0.39, 0.29) is 51.0 Å². The highest BCUT2D eigenvalue weighted by Gasteiger charge is 2.30. The van der Waals surface area contributed by atoms with Gasteiger partial charge in [-0.05, 0) is 42.8 Å². The van der Waals surface area contributed by atoms with E-state index in [1.807, 2.05) is 0 Å². The predicted molar refractivity (Wildman–Crippen MR) is 151 cm³/mol. The molecular weight excluding hydrogens is 516 g/mol. The first-order chi connectivity index (χ1) is 19.2. The molecule has 3 atom stereocenters. The van der Waals surface area contributed by atoms with Gasteiger partial charge in [0.1, 0.15) is 35.5 Å². The summed E-state index contributed by atoms with van der Waals surface area (Å²) in [6.07, 6.45) is 4.73. The molecule has 1 aliphatic carbocycles. The Kier molecular flexibility index (Phi) is 7.17. The van der Waals surface area contributed by atoms with Crippen molar-refractivity contribution < 1.29 is 17.9 Å². The Hall–Kier alpha value is -4.86. The second-order valence-corrected chi connectivity index (χ2v) is 9.48. The number of nitrogens with two attached hydrogens (primary N) is 1. The first-order valence-corrected chi connectivity index (χ1v) is 12.6. The number of anilines is 2. The van der Waals surface area contributed by atoms with Crippen LogP contribution in [0.4, 0.5) is 20.4 Å². The van der Waals surface area contributed by atoms with E-state index < -0.39 is 23.9 Å². The maximum absolute atomic E-state index is 14.7. The quantitative estimate of drug-likeness (QED) is 0.250. The molecule has 4 N–H and O–H groups in total. The molecular formula is C30H27F2N5O3. The number of hydrogen-bond donors (Lipinski definition) is 3. The van der Waals surface area contributed by atoms with Gasteiger partial charge in [0, 0.05) is 11.5 Å². The van der Waals surface area contributed by atoms with Crippen LogP contribution >= 0.6 is 0 Å². The number of halogens is 2. The molecule has 5 rings (SSSR count). The van der Waals surface area contributed by atoms with Gasteiger partial charge in [-0.2, -0.15) is 0 Å². The van der Waals surface area contributed by atoms with E-state index >= 15 is 0 Å². The smallest absolute Gasteiger partial charge is 0.200 e. The molecule has 8 nitrogen and oxygen atoms in total. The van der Waals surface area contributed by atoms with Crippen molar-refractivity contribution in [3.63, 3.8) is 0 Å². The Morgan fingerprint density at radius 1 is 1.23 bits per heavy atom. The summed E-state index contributed by atoms with van der Waals surface area (Å²) < 4.78 is 40.4. The summed E-state index contributed by atoms with van der Waals surface area (Å²) in [5.74, 6) is -0.730. The van der Waals surface area contributed by atoms with E-state index in [1.165, 1.54) is 37.7 Å². The number of hydrogen-bond acceptors (Lipinski definition) is 8. The molecule has 204 valence electrons. The zero-order valence-electron chi connectivity index (χ0n) is 22.0. The fourth-order valence-electron chi connectivity index (χ4n) is 4.80. The van der Waals surface area contributed by atoms with E-state index in [2.05, 4.69) is 15.3 Å². The van der Waals surface area contributed by atoms with Crippen LogP contribution < -0.4 is 21.2 Å². The van der Waals surface area contributed by atoms with E-state index in [1.54, 1.807) is 50.3 Å². The van der Waals surface area contributed by atoms with Crippen molar-refractivity contribution in [1.82, 2.24) is 9.97 Å². The molecule has 10 heteroatoms. The van der Waals surface area contributed by atoms with Crippen molar-refractivity contribution in [3.8, 4) is 5.75 Å². The number of ether oxygens (including phenoxy) is 1. The van der Waals surface area contributed by atoms with E-state index in [9.17, 15) is 13.6 Å². The SMILES string of the molecule is COc1ccc(C(=N)c2c(N)ncnc2NC(C)c2oc3ccccc3c(=O)c2C2=CC=CC(F)C2C)cc1F. The summed E-state index contributed by atoms with van der Waals surface area (Å²) in [7, 11) is 1.35. The highest BCUT2D eigenvalue weighted by molar-refractivity contribution is 6.16. The van der Waals surface area contributed by atoms with E-state index in [0.29, 0.717) is 16.5 Å². The number of alkyl halides is 1. The Morgan fingerprint density at radius 3 is 2.75 bits per heavy atom. The number of benzene rings is 2. The monoisotopic (exact) mass is 543 g/mol. The Bertz CT molecular complexity index is 1750. The molecule has 3 unspecified atom stereocenters. The summed E-state index contributed by atoms with van der Waals surface area (Å²) in [5.41, 5.74) is 7.28. The van der Waals surface area contributed by atoms with Crippen LogP contribution in [0.3, 0.4) is 0 Å². The minimum absolute atomic E-state index is 0.000123. The topological polar surface area (TPSA) is 127 Å². The maximum Gasteiger partial charge on any atom is 0.200 e. The largest absolute Gasteiger partial charge is 0.494 e. The van der Waals surface area contributed by atoms with Gasteiger partial charge in [-0.25, -0.2) is 18.7 Å². The van der Waals surface area contributed by atoms with Crippen molar-refractivity contribution in [2.45, 2.75) is 26.1 Å². The van der Waals surface area contributed by atoms with Crippen molar-refractivity contribution in [1.29, 1.82) is 5.41 Å². The lowest BCUT2D eigenvalue weighted by molar-refractivity contribution is 0.340. The van der Waals surface area contributed by atoms with E-state index in [4.69, 9.17) is 20.3 Å². The summed E-state index contributed by atoms with van der Waals surface area (Å²) in [6.45, 7) is 3.47. The molecule has 4 aromatic rings. The number of para-hydroxylation sites is 1. The third-order valence-electron chi connectivity index (χ3n) is 6.97. The predicted octanol–water partition coefficient (Wildman–Crippen LogP) is 5.83. The zero-order valence-corrected chi connectivity index (χ0v) is 22.0. The van der Waals surface area contributed by atoms with Gasteiger partial charge in [0.2, 0.25) is 5.43 Å². The Labute approximate surface area is 228 Å². The van der Waals surface area contributed by atoms with Crippen LogP contribution in [0, 0.1) is 17.1 Å². The van der Waals surface area contributed by atoms with Gasteiger partial charge in [-0.1, -0.05) is 37.3 Å². The first kappa shape index (κ1) is 26.7. The number of rotatable bonds is 7. The van der Waals surface area contributed by atoms with Gasteiger partial charge in [0.15, 0.2) is 11.6 Å². The lowest BCUT2D eigenvalue weighted by Gasteiger charge is -2.25. The van der Waals surface area contributed by atoms with Crippen LogP contribution in [0.1, 0.15) is 42.3 Å². The van der Waals surface area contributed by atoms with Crippen LogP contribution in [0.15, 0.2) is 76.2 Å². The van der Waals surface area contributed by atoms with Crippen LogP contribution in [-0.2, 0) is 0 Å². The number of nitrogen functional groups attached to an aromatic ring is 1. The molecule has 0 amide bonds. The molecule has 40 heavy (non-hydrogen) atoms. The molecule has 0 fully saturated rings. The average molecular weight is 544 g/mol. The van der Waals surface area contributed by atoms with Crippen LogP contribution in [0.2, 0.25) is 0 Å². The average Bonchev–Trinajstić information content (AvgIpc) is 2.94. The molecule has 1 aliphatic rings. The normalized spacial score (nSPS) is 17.4. The van der Waals surface area contributed by atoms with Crippen LogP contribution in [0.25, 0.3) is 16.5 Å². The Morgan fingerprint density at radius 2 is 2.00 bits per heavy atom. The standard InChI is InChI=1S/C30H27F2N5O3/c1-15-18(8-6-9-20(15)31)24-27(38)19-7-4-5-10-22(19)40-28(24)16(2)37-30-25(29(34)35-14-36-30)26(33)17-11-12-23(39-3)21(32)13-17/h4-16,20,33H,1-3H3,(H3,34,35,36,37). The number of nitrogens with zero attached hydrogens (tertiary/aromatic N) is 2. The minimum Gasteiger partial charge on any atom is -0.494 e. The van der Waals surface area contributed by atoms with Crippen molar-refractivity contribution in [2.24, 2.45) is 5.92 Å². The number of fused-ring (bicyclic) bond motifs is 1. The highest BCUT2D eigenvalue weighted by atomic mass is 19.1.